The fourth-order valence-electron chi connectivity index (χ4n) is 8.03. The molecule has 1 saturated heterocycles. The van der Waals surface area contributed by atoms with Gasteiger partial charge in [-0.15, -0.1) is 5.10 Å². The van der Waals surface area contributed by atoms with Crippen LogP contribution >= 0.6 is 0 Å². The zero-order valence-electron chi connectivity index (χ0n) is 31.4. The predicted octanol–water partition coefficient (Wildman–Crippen LogP) is 3.95. The van der Waals surface area contributed by atoms with Crippen molar-refractivity contribution in [3.8, 4) is 28.4 Å². The number of hydrogen-bond acceptors (Lipinski definition) is 12. The third-order valence-electron chi connectivity index (χ3n) is 11.0. The summed E-state index contributed by atoms with van der Waals surface area (Å²) in [6, 6.07) is 9.83. The number of aromatic nitrogens is 5. The first-order valence-electron chi connectivity index (χ1n) is 18.6. The van der Waals surface area contributed by atoms with Crippen LogP contribution in [-0.4, -0.2) is 97.7 Å². The van der Waals surface area contributed by atoms with Crippen LogP contribution in [0.1, 0.15) is 70.1 Å². The van der Waals surface area contributed by atoms with Crippen LogP contribution in [0.15, 0.2) is 66.0 Å². The van der Waals surface area contributed by atoms with Crippen molar-refractivity contribution in [2.24, 2.45) is 7.05 Å². The standard InChI is InChI=1S/C41H41N7O8/c1-45-22-33(29-8-12-42-20-32(29)39(45)51)24-16-37(54-2)34(38(17-24)55-3)23-46-13-9-26(10-14-46)47-21-25(43-44-47)11-15-56-28-5-6-30-31(19-28)41(53)48(40(30)52)35-7-4-27(49)18-36(35)50/h5-6,8,12,16-17,19-22,26,35H,4,7,9-11,13-15,18,23H2,1-3H3. The molecule has 56 heavy (non-hydrogen) atoms. The van der Waals surface area contributed by atoms with E-state index < -0.39 is 23.6 Å². The predicted molar refractivity (Wildman–Crippen MR) is 203 cm³/mol. The summed E-state index contributed by atoms with van der Waals surface area (Å²) in [6.45, 7) is 2.58. The molecule has 0 radical (unpaired) electrons. The summed E-state index contributed by atoms with van der Waals surface area (Å²) in [5.74, 6) is 0.203. The monoisotopic (exact) mass is 759 g/mol. The summed E-state index contributed by atoms with van der Waals surface area (Å²) in [7, 11) is 5.04. The lowest BCUT2D eigenvalue weighted by molar-refractivity contribution is -0.132. The lowest BCUT2D eigenvalue weighted by Gasteiger charge is -2.32. The molecule has 0 N–H and O–H groups in total. The van der Waals surface area contributed by atoms with E-state index in [1.54, 1.807) is 50.4 Å². The summed E-state index contributed by atoms with van der Waals surface area (Å²) < 4.78 is 21.2. The van der Waals surface area contributed by atoms with Gasteiger partial charge in [-0.1, -0.05) is 5.21 Å². The maximum atomic E-state index is 13.2. The lowest BCUT2D eigenvalue weighted by Crippen LogP contribution is -2.47. The van der Waals surface area contributed by atoms with Gasteiger partial charge < -0.3 is 18.8 Å². The van der Waals surface area contributed by atoms with Gasteiger partial charge in [-0.05, 0) is 66.6 Å². The normalized spacial score (nSPS) is 17.8. The van der Waals surface area contributed by atoms with E-state index in [2.05, 4.69) is 20.2 Å². The van der Waals surface area contributed by atoms with E-state index >= 15 is 0 Å². The number of ether oxygens (including phenoxy) is 3. The van der Waals surface area contributed by atoms with Crippen molar-refractivity contribution >= 4 is 34.2 Å². The molecule has 1 unspecified atom stereocenters. The number of hydrogen-bond donors (Lipinski definition) is 0. The molecule has 1 atom stereocenters. The molecule has 3 aliphatic rings. The van der Waals surface area contributed by atoms with Gasteiger partial charge in [-0.25, -0.2) is 4.68 Å². The Hall–Kier alpha value is -6.22. The van der Waals surface area contributed by atoms with E-state index in [0.29, 0.717) is 35.6 Å². The zero-order valence-corrected chi connectivity index (χ0v) is 31.4. The second-order valence-electron chi connectivity index (χ2n) is 14.5. The smallest absolute Gasteiger partial charge is 0.262 e. The highest BCUT2D eigenvalue weighted by atomic mass is 16.5. The van der Waals surface area contributed by atoms with Gasteiger partial charge in [0.25, 0.3) is 17.4 Å². The van der Waals surface area contributed by atoms with E-state index in [0.717, 1.165) is 58.6 Å². The topological polar surface area (TPSA) is 168 Å². The number of methoxy groups -OCH3 is 2. The lowest BCUT2D eigenvalue weighted by atomic mass is 9.92. The average molecular weight is 760 g/mol. The van der Waals surface area contributed by atoms with Gasteiger partial charge in [-0.2, -0.15) is 0 Å². The Morgan fingerprint density at radius 1 is 0.839 bits per heavy atom. The number of carbonyl (C=O) groups is 4. The highest BCUT2D eigenvalue weighted by Crippen LogP contribution is 2.39. The van der Waals surface area contributed by atoms with Crippen LogP contribution in [-0.2, 0) is 29.6 Å². The molecule has 0 bridgehead atoms. The molecule has 1 saturated carbocycles. The van der Waals surface area contributed by atoms with E-state index in [-0.39, 0.29) is 54.4 Å². The first kappa shape index (κ1) is 36.7. The number of carbonyl (C=O) groups excluding carboxylic acids is 4. The number of fused-ring (bicyclic) bond motifs is 2. The van der Waals surface area contributed by atoms with E-state index in [9.17, 15) is 24.0 Å². The summed E-state index contributed by atoms with van der Waals surface area (Å²) in [4.78, 5) is 70.6. The highest BCUT2D eigenvalue weighted by molar-refractivity contribution is 6.23. The molecule has 0 spiro atoms. The summed E-state index contributed by atoms with van der Waals surface area (Å²) in [5, 5.41) is 10.1. The van der Waals surface area contributed by atoms with E-state index in [1.807, 2.05) is 35.3 Å². The molecule has 3 aromatic heterocycles. The summed E-state index contributed by atoms with van der Waals surface area (Å²) in [6.07, 6.45) is 9.37. The maximum Gasteiger partial charge on any atom is 0.262 e. The fourth-order valence-corrected chi connectivity index (χ4v) is 8.03. The van der Waals surface area contributed by atoms with Gasteiger partial charge in [0.15, 0.2) is 5.78 Å². The van der Waals surface area contributed by atoms with Crippen molar-refractivity contribution in [3.63, 3.8) is 0 Å². The average Bonchev–Trinajstić information content (AvgIpc) is 3.78. The van der Waals surface area contributed by atoms with Gasteiger partial charge in [0, 0.05) is 69.9 Å². The summed E-state index contributed by atoms with van der Waals surface area (Å²) in [5.41, 5.74) is 3.78. The molecular formula is C41H41N7O8. The number of imide groups is 1. The van der Waals surface area contributed by atoms with Crippen LogP contribution in [0.2, 0.25) is 0 Å². The number of piperidine rings is 1. The molecule has 15 nitrogen and oxygen atoms in total. The number of likely N-dealkylation sites (tertiary alicyclic amines) is 1. The Balaban J connectivity index is 0.869. The minimum atomic E-state index is -0.913. The van der Waals surface area contributed by atoms with Crippen molar-refractivity contribution in [1.82, 2.24) is 34.3 Å². The highest BCUT2D eigenvalue weighted by Gasteiger charge is 2.44. The minimum Gasteiger partial charge on any atom is -0.496 e. The van der Waals surface area contributed by atoms with Crippen LogP contribution in [0.3, 0.4) is 0 Å². The largest absolute Gasteiger partial charge is 0.496 e. The van der Waals surface area contributed by atoms with E-state index in [1.165, 1.54) is 6.07 Å². The Kier molecular flexibility index (Phi) is 9.93. The number of Topliss-reactive ketones (excluding diaryl/α,β-unsaturated/α-hetero) is 2. The van der Waals surface area contributed by atoms with Crippen molar-refractivity contribution in [1.29, 1.82) is 0 Å². The zero-order chi connectivity index (χ0) is 39.1. The van der Waals surface area contributed by atoms with Crippen LogP contribution in [0.4, 0.5) is 0 Å². The number of rotatable bonds is 11. The molecule has 2 aliphatic heterocycles. The second-order valence-corrected chi connectivity index (χ2v) is 14.5. The third-order valence-corrected chi connectivity index (χ3v) is 11.0. The first-order chi connectivity index (χ1) is 27.1. The quantitative estimate of drug-likeness (QED) is 0.141. The fraction of sp³-hybridized carbons (Fsp3) is 0.366. The molecule has 15 heteroatoms. The number of pyridine rings is 2. The SMILES string of the molecule is COc1cc(-c2cn(C)c(=O)c3cnccc23)cc(OC)c1CN1CCC(n2cc(CCOc3ccc4c(c3)C(=O)N(C3CCC(=O)CC3=O)C4=O)nn2)CC1. The molecule has 2 amide bonds. The second kappa shape index (κ2) is 15.1. The molecule has 2 fully saturated rings. The van der Waals surface area contributed by atoms with Crippen LogP contribution in [0, 0.1) is 0 Å². The van der Waals surface area contributed by atoms with E-state index in [4.69, 9.17) is 14.2 Å². The van der Waals surface area contributed by atoms with Crippen molar-refractivity contribution in [2.75, 3.05) is 33.9 Å². The van der Waals surface area contributed by atoms with Crippen molar-refractivity contribution in [3.05, 3.63) is 93.9 Å². The Bertz CT molecular complexity index is 2420. The summed E-state index contributed by atoms with van der Waals surface area (Å²) >= 11 is 0. The third kappa shape index (κ3) is 6.82. The van der Waals surface area contributed by atoms with Crippen molar-refractivity contribution < 1.29 is 33.4 Å². The number of amides is 2. The van der Waals surface area contributed by atoms with Crippen LogP contribution in [0.5, 0.6) is 17.2 Å². The van der Waals surface area contributed by atoms with Gasteiger partial charge >= 0.3 is 0 Å². The van der Waals surface area contributed by atoms with Gasteiger partial charge in [0.2, 0.25) is 0 Å². The Morgan fingerprint density at radius 2 is 1.59 bits per heavy atom. The number of benzene rings is 2. The number of nitrogens with zero attached hydrogens (tertiary/aromatic N) is 7. The maximum absolute atomic E-state index is 13.2. The van der Waals surface area contributed by atoms with Crippen LogP contribution < -0.4 is 19.8 Å². The number of aryl methyl sites for hydroxylation is 1. The first-order valence-corrected chi connectivity index (χ1v) is 18.6. The van der Waals surface area contributed by atoms with Gasteiger partial charge in [0.1, 0.15) is 23.0 Å². The Morgan fingerprint density at radius 3 is 2.32 bits per heavy atom. The minimum absolute atomic E-state index is 0.108. The number of ketones is 2. The molecule has 2 aromatic carbocycles. The molecule has 288 valence electrons. The molecule has 5 heterocycles. The van der Waals surface area contributed by atoms with Crippen LogP contribution in [0.25, 0.3) is 21.9 Å². The molecule has 1 aliphatic carbocycles. The Labute approximate surface area is 321 Å². The van der Waals surface area contributed by atoms with Gasteiger partial charge in [-0.3, -0.25) is 38.8 Å². The molecule has 8 rings (SSSR count). The van der Waals surface area contributed by atoms with Gasteiger partial charge in [0.05, 0.1) is 67.1 Å². The molecule has 5 aromatic rings. The van der Waals surface area contributed by atoms with Crippen molar-refractivity contribution in [2.45, 2.75) is 57.2 Å². The molecular weight excluding hydrogens is 718 g/mol.